The van der Waals surface area contributed by atoms with Crippen LogP contribution in [0, 0.1) is 0 Å². The highest BCUT2D eigenvalue weighted by Gasteiger charge is 1.94. The zero-order valence-corrected chi connectivity index (χ0v) is 15.2. The van der Waals surface area contributed by atoms with Gasteiger partial charge < -0.3 is 0 Å². The molecule has 0 aliphatic heterocycles. The van der Waals surface area contributed by atoms with Gasteiger partial charge in [0.2, 0.25) is 0 Å². The molecule has 0 amide bonds. The Morgan fingerprint density at radius 3 is 1.24 bits per heavy atom. The fraction of sp³-hybridized carbons (Fsp3) is 0.810. The molecule has 0 aliphatic carbocycles. The molecule has 0 rings (SSSR count). The van der Waals surface area contributed by atoms with Crippen LogP contribution >= 0.6 is 0 Å². The minimum absolute atomic E-state index is 1.16. The van der Waals surface area contributed by atoms with Crippen molar-refractivity contribution in [2.45, 2.75) is 110 Å². The Balaban J connectivity index is 0. The van der Waals surface area contributed by atoms with E-state index < -0.39 is 0 Å². The second-order valence-electron chi connectivity index (χ2n) is 6.10. The first-order chi connectivity index (χ1) is 10.3. The van der Waals surface area contributed by atoms with Gasteiger partial charge in [0.15, 0.2) is 0 Å². The molecule has 0 aromatic carbocycles. The molecule has 0 radical (unpaired) electrons. The Hall–Kier alpha value is -0.520. The van der Waals surface area contributed by atoms with Crippen LogP contribution in [0.4, 0.5) is 0 Å². The van der Waals surface area contributed by atoms with Crippen molar-refractivity contribution < 1.29 is 0 Å². The molecule has 0 saturated heterocycles. The van der Waals surface area contributed by atoms with E-state index in [1.807, 2.05) is 0 Å². The Morgan fingerprint density at radius 1 is 0.571 bits per heavy atom. The first kappa shape index (κ1) is 22.8. The predicted octanol–water partition coefficient (Wildman–Crippen LogP) is 8.24. The molecule has 21 heavy (non-hydrogen) atoms. The van der Waals surface area contributed by atoms with Gasteiger partial charge in [0.05, 0.1) is 0 Å². The van der Waals surface area contributed by atoms with Crippen LogP contribution in [0.15, 0.2) is 25.3 Å². The van der Waals surface area contributed by atoms with Crippen molar-refractivity contribution in [3.8, 4) is 0 Å². The highest BCUT2D eigenvalue weighted by Crippen LogP contribution is 2.14. The van der Waals surface area contributed by atoms with E-state index in [-0.39, 0.29) is 0 Å². The Bertz CT molecular complexity index is 192. The highest BCUT2D eigenvalue weighted by molar-refractivity contribution is 4.91. The smallest absolute Gasteiger partial charge is 0.0323 e. The van der Waals surface area contributed by atoms with Crippen LogP contribution in [0.2, 0.25) is 0 Å². The summed E-state index contributed by atoms with van der Waals surface area (Å²) in [6.07, 6.45) is 21.2. The number of unbranched alkanes of at least 4 members (excludes halogenated alkanes) is 12. The monoisotopic (exact) mass is 294 g/mol. The van der Waals surface area contributed by atoms with Gasteiger partial charge in [-0.3, -0.25) is 0 Å². The van der Waals surface area contributed by atoms with Crippen molar-refractivity contribution in [1.82, 2.24) is 0 Å². The second kappa shape index (κ2) is 21.8. The van der Waals surface area contributed by atoms with E-state index in [9.17, 15) is 0 Å². The fourth-order valence-corrected chi connectivity index (χ4v) is 2.57. The van der Waals surface area contributed by atoms with Crippen molar-refractivity contribution in [2.24, 2.45) is 0 Å². The Morgan fingerprint density at radius 2 is 0.905 bits per heavy atom. The maximum absolute atomic E-state index is 4.07. The maximum atomic E-state index is 4.07. The highest BCUT2D eigenvalue weighted by atomic mass is 14.0. The third-order valence-corrected chi connectivity index (χ3v) is 4.13. The first-order valence-corrected chi connectivity index (χ1v) is 9.47. The summed E-state index contributed by atoms with van der Waals surface area (Å²) in [5, 5.41) is 0. The molecule has 0 fully saturated rings. The summed E-state index contributed by atoms with van der Waals surface area (Å²) in [6.45, 7) is 14.6. The Labute approximate surface area is 136 Å². The third-order valence-electron chi connectivity index (χ3n) is 4.13. The molecule has 0 spiro atoms. The van der Waals surface area contributed by atoms with E-state index in [2.05, 4.69) is 33.6 Å². The predicted molar refractivity (Wildman–Crippen MR) is 101 cm³/mol. The number of allylic oxidation sites excluding steroid dienone is 1. The van der Waals surface area contributed by atoms with Crippen LogP contribution in [-0.2, 0) is 0 Å². The number of rotatable bonds is 15. The van der Waals surface area contributed by atoms with Gasteiger partial charge in [-0.25, -0.2) is 0 Å². The van der Waals surface area contributed by atoms with Gasteiger partial charge in [0, 0.05) is 0 Å². The molecule has 0 unspecified atom stereocenters. The summed E-state index contributed by atoms with van der Waals surface area (Å²) in [6, 6.07) is 0. The summed E-state index contributed by atoms with van der Waals surface area (Å²) >= 11 is 0. The molecule has 126 valence electrons. The van der Waals surface area contributed by atoms with Crippen molar-refractivity contribution in [1.29, 1.82) is 0 Å². The lowest BCUT2D eigenvalue weighted by atomic mass is 10.0. The van der Waals surface area contributed by atoms with Gasteiger partial charge in [-0.05, 0) is 19.3 Å². The lowest BCUT2D eigenvalue weighted by Gasteiger charge is -2.04. The van der Waals surface area contributed by atoms with Crippen LogP contribution in [0.1, 0.15) is 110 Å². The third kappa shape index (κ3) is 21.9. The van der Waals surface area contributed by atoms with Gasteiger partial charge in [-0.15, -0.1) is 13.2 Å². The van der Waals surface area contributed by atoms with Gasteiger partial charge in [-0.1, -0.05) is 103 Å². The molecule has 0 N–H and O–H groups in total. The molecule has 0 heteroatoms. The van der Waals surface area contributed by atoms with Crippen molar-refractivity contribution >= 4 is 0 Å². The van der Waals surface area contributed by atoms with Crippen LogP contribution in [0.5, 0.6) is 0 Å². The van der Waals surface area contributed by atoms with Gasteiger partial charge in [0.25, 0.3) is 0 Å². The topological polar surface area (TPSA) is 0 Å². The lowest BCUT2D eigenvalue weighted by Crippen LogP contribution is -1.84. The molecule has 0 aromatic heterocycles. The van der Waals surface area contributed by atoms with Crippen molar-refractivity contribution in [3.63, 3.8) is 0 Å². The maximum Gasteiger partial charge on any atom is -0.0323 e. The van der Waals surface area contributed by atoms with E-state index in [0.717, 1.165) is 6.42 Å². The van der Waals surface area contributed by atoms with Crippen molar-refractivity contribution in [3.05, 3.63) is 25.3 Å². The molecule has 0 aromatic rings. The molecule has 0 saturated carbocycles. The molecule has 0 aliphatic rings. The largest absolute Gasteiger partial charge is 0.106 e. The standard InChI is InChI=1S/C19H38.C2H4/c1-4-6-7-8-9-10-11-12-13-14-15-16-17-18-19(3)5-2;1-2/h3-18H2,1-2H3;1-2H2. The van der Waals surface area contributed by atoms with E-state index >= 15 is 0 Å². The van der Waals surface area contributed by atoms with Crippen LogP contribution < -0.4 is 0 Å². The van der Waals surface area contributed by atoms with E-state index in [1.54, 1.807) is 0 Å². The summed E-state index contributed by atoms with van der Waals surface area (Å²) in [7, 11) is 0. The van der Waals surface area contributed by atoms with Gasteiger partial charge in [0.1, 0.15) is 0 Å². The molecular formula is C21H42. The summed E-state index contributed by atoms with van der Waals surface area (Å²) in [5.74, 6) is 0. The molecular weight excluding hydrogens is 252 g/mol. The fourth-order valence-electron chi connectivity index (χ4n) is 2.57. The number of hydrogen-bond acceptors (Lipinski definition) is 0. The average molecular weight is 295 g/mol. The van der Waals surface area contributed by atoms with Crippen molar-refractivity contribution in [2.75, 3.05) is 0 Å². The average Bonchev–Trinajstić information content (AvgIpc) is 2.53. The summed E-state index contributed by atoms with van der Waals surface area (Å²) < 4.78 is 0. The van der Waals surface area contributed by atoms with Crippen LogP contribution in [-0.4, -0.2) is 0 Å². The van der Waals surface area contributed by atoms with Gasteiger partial charge >= 0.3 is 0 Å². The minimum Gasteiger partial charge on any atom is -0.106 e. The van der Waals surface area contributed by atoms with E-state index in [0.29, 0.717) is 0 Å². The molecule has 0 nitrogen and oxygen atoms in total. The van der Waals surface area contributed by atoms with E-state index in [4.69, 9.17) is 0 Å². The summed E-state index contributed by atoms with van der Waals surface area (Å²) in [5.41, 5.74) is 1.43. The normalized spacial score (nSPS) is 10.0. The first-order valence-electron chi connectivity index (χ1n) is 9.47. The second-order valence-corrected chi connectivity index (χ2v) is 6.10. The number of hydrogen-bond donors (Lipinski definition) is 0. The van der Waals surface area contributed by atoms with Crippen LogP contribution in [0.3, 0.4) is 0 Å². The molecule has 0 heterocycles. The van der Waals surface area contributed by atoms with Crippen LogP contribution in [0.25, 0.3) is 0 Å². The Kier molecular flexibility index (Phi) is 23.6. The zero-order valence-electron chi connectivity index (χ0n) is 15.2. The molecule has 0 bridgehead atoms. The quantitative estimate of drug-likeness (QED) is 0.211. The SMILES string of the molecule is C=C.C=C(CC)CCCCCCCCCCCCCCC. The van der Waals surface area contributed by atoms with Gasteiger partial charge in [-0.2, -0.15) is 0 Å². The lowest BCUT2D eigenvalue weighted by molar-refractivity contribution is 0.539. The summed E-state index contributed by atoms with van der Waals surface area (Å²) in [4.78, 5) is 0. The van der Waals surface area contributed by atoms with E-state index in [1.165, 1.54) is 95.5 Å². The minimum atomic E-state index is 1.16. The zero-order chi connectivity index (χ0) is 16.2. The molecule has 0 atom stereocenters.